The second-order valence-corrected chi connectivity index (χ2v) is 8.51. The highest BCUT2D eigenvalue weighted by Gasteiger charge is 2.39. The maximum Gasteiger partial charge on any atom is 0.337 e. The van der Waals surface area contributed by atoms with E-state index >= 15 is 0 Å². The van der Waals surface area contributed by atoms with E-state index in [1.165, 1.54) is 31.4 Å². The molecule has 4 rings (SSSR count). The number of benzene rings is 3. The van der Waals surface area contributed by atoms with E-state index in [9.17, 15) is 19.2 Å². The van der Waals surface area contributed by atoms with Crippen LogP contribution in [0.4, 0.5) is 17.1 Å². The Morgan fingerprint density at radius 3 is 2.19 bits per heavy atom. The Balaban J connectivity index is 1.48. The zero-order valence-corrected chi connectivity index (χ0v) is 20.5. The molecule has 9 heteroatoms. The summed E-state index contributed by atoms with van der Waals surface area (Å²) >= 11 is 6.19. The van der Waals surface area contributed by atoms with Crippen molar-refractivity contribution in [3.8, 4) is 0 Å². The fraction of sp³-hybridized carbons (Fsp3) is 0.111. The number of hydrogen-bond acceptors (Lipinski definition) is 6. The van der Waals surface area contributed by atoms with Crippen LogP contribution in [0.2, 0.25) is 0 Å². The quantitative estimate of drug-likeness (QED) is 0.370. The summed E-state index contributed by atoms with van der Waals surface area (Å²) in [6.45, 7) is 3.97. The molecule has 1 heterocycles. The number of imide groups is 1. The van der Waals surface area contributed by atoms with E-state index < -0.39 is 17.8 Å². The van der Waals surface area contributed by atoms with Crippen molar-refractivity contribution in [2.45, 2.75) is 13.8 Å². The maximum absolute atomic E-state index is 13.0. The van der Waals surface area contributed by atoms with Gasteiger partial charge in [-0.2, -0.15) is 0 Å². The van der Waals surface area contributed by atoms with Crippen LogP contribution in [0.5, 0.6) is 0 Å². The third-order valence-corrected chi connectivity index (χ3v) is 6.08. The topological polar surface area (TPSA) is 105 Å². The lowest BCUT2D eigenvalue weighted by Crippen LogP contribution is -2.32. The molecule has 0 unspecified atom stereocenters. The van der Waals surface area contributed by atoms with E-state index in [1.807, 2.05) is 32.0 Å². The van der Waals surface area contributed by atoms with Gasteiger partial charge in [-0.3, -0.25) is 14.4 Å². The van der Waals surface area contributed by atoms with Gasteiger partial charge in [-0.15, -0.1) is 0 Å². The summed E-state index contributed by atoms with van der Waals surface area (Å²) in [6.07, 6.45) is 0. The monoisotopic (exact) mass is 503 g/mol. The highest BCUT2D eigenvalue weighted by Crippen LogP contribution is 2.30. The molecule has 0 spiro atoms. The number of hydrogen-bond donors (Lipinski definition) is 2. The number of aryl methyl sites for hydroxylation is 2. The van der Waals surface area contributed by atoms with Gasteiger partial charge in [0.15, 0.2) is 0 Å². The number of nitrogens with one attached hydrogen (secondary N) is 2. The van der Waals surface area contributed by atoms with E-state index in [4.69, 9.17) is 16.3 Å². The van der Waals surface area contributed by atoms with Crippen LogP contribution < -0.4 is 15.5 Å². The van der Waals surface area contributed by atoms with Gasteiger partial charge in [0.25, 0.3) is 17.7 Å². The Kier molecular flexibility index (Phi) is 6.89. The van der Waals surface area contributed by atoms with Gasteiger partial charge in [-0.25, -0.2) is 9.69 Å². The molecule has 0 saturated heterocycles. The highest BCUT2D eigenvalue weighted by atomic mass is 35.5. The number of carbonyl (C=O) groups excluding carboxylic acids is 4. The predicted octanol–water partition coefficient (Wildman–Crippen LogP) is 4.78. The van der Waals surface area contributed by atoms with Crippen LogP contribution in [-0.4, -0.2) is 30.8 Å². The molecule has 1 aliphatic rings. The molecule has 3 aromatic carbocycles. The Bertz CT molecular complexity index is 1430. The predicted molar refractivity (Wildman–Crippen MR) is 137 cm³/mol. The molecule has 0 aliphatic carbocycles. The average Bonchev–Trinajstić information content (AvgIpc) is 3.09. The molecule has 36 heavy (non-hydrogen) atoms. The number of methoxy groups -OCH3 is 1. The van der Waals surface area contributed by atoms with Crippen molar-refractivity contribution in [1.82, 2.24) is 0 Å². The number of halogens is 1. The van der Waals surface area contributed by atoms with Crippen LogP contribution in [0, 0.1) is 13.8 Å². The number of amides is 3. The minimum Gasteiger partial charge on any atom is -0.465 e. The smallest absolute Gasteiger partial charge is 0.337 e. The van der Waals surface area contributed by atoms with Crippen LogP contribution in [0.25, 0.3) is 0 Å². The molecule has 3 aromatic rings. The summed E-state index contributed by atoms with van der Waals surface area (Å²) in [5, 5.41) is 5.42. The SMILES string of the molecule is COC(=O)c1cccc(N2C(=O)C(Cl)=C(Nc3ccc(C(=O)Nc4ccc(C)c(C)c4)cc3)C2=O)c1. The van der Waals surface area contributed by atoms with Gasteiger partial charge in [0.05, 0.1) is 18.4 Å². The van der Waals surface area contributed by atoms with Crippen LogP contribution in [-0.2, 0) is 14.3 Å². The van der Waals surface area contributed by atoms with Crippen LogP contribution in [0.1, 0.15) is 31.8 Å². The number of ether oxygens (including phenoxy) is 1. The molecule has 182 valence electrons. The zero-order chi connectivity index (χ0) is 26.0. The minimum absolute atomic E-state index is 0.113. The number of anilines is 3. The maximum atomic E-state index is 13.0. The molecule has 1 aliphatic heterocycles. The Hall–Kier alpha value is -4.43. The van der Waals surface area contributed by atoms with Gasteiger partial charge in [-0.05, 0) is 79.6 Å². The summed E-state index contributed by atoms with van der Waals surface area (Å²) in [5.41, 5.74) is 4.01. The first kappa shape index (κ1) is 24.7. The highest BCUT2D eigenvalue weighted by molar-refractivity contribution is 6.53. The molecular weight excluding hydrogens is 482 g/mol. The molecule has 8 nitrogen and oxygen atoms in total. The van der Waals surface area contributed by atoms with Gasteiger partial charge in [0.1, 0.15) is 10.7 Å². The lowest BCUT2D eigenvalue weighted by molar-refractivity contribution is -0.120. The van der Waals surface area contributed by atoms with E-state index in [-0.39, 0.29) is 27.9 Å². The number of rotatable bonds is 6. The van der Waals surface area contributed by atoms with E-state index in [2.05, 4.69) is 10.6 Å². The molecule has 0 aromatic heterocycles. The van der Waals surface area contributed by atoms with Crippen molar-refractivity contribution in [3.63, 3.8) is 0 Å². The summed E-state index contributed by atoms with van der Waals surface area (Å²) in [6, 6.07) is 18.0. The molecule has 0 fully saturated rings. The van der Waals surface area contributed by atoms with Crippen molar-refractivity contribution in [2.75, 3.05) is 22.6 Å². The fourth-order valence-corrected chi connectivity index (χ4v) is 3.82. The largest absolute Gasteiger partial charge is 0.465 e. The first-order chi connectivity index (χ1) is 17.2. The molecule has 2 N–H and O–H groups in total. The third kappa shape index (κ3) is 4.85. The second kappa shape index (κ2) is 10.1. The fourth-order valence-electron chi connectivity index (χ4n) is 3.61. The van der Waals surface area contributed by atoms with Gasteiger partial charge in [0, 0.05) is 16.9 Å². The summed E-state index contributed by atoms with van der Waals surface area (Å²) in [4.78, 5) is 51.1. The first-order valence-electron chi connectivity index (χ1n) is 10.9. The third-order valence-electron chi connectivity index (χ3n) is 5.73. The number of carbonyl (C=O) groups is 4. The molecule has 0 atom stereocenters. The zero-order valence-electron chi connectivity index (χ0n) is 19.7. The summed E-state index contributed by atoms with van der Waals surface area (Å²) < 4.78 is 4.69. The lowest BCUT2D eigenvalue weighted by Gasteiger charge is -2.16. The van der Waals surface area contributed by atoms with E-state index in [0.29, 0.717) is 16.9 Å². The van der Waals surface area contributed by atoms with Gasteiger partial charge in [0.2, 0.25) is 0 Å². The van der Waals surface area contributed by atoms with E-state index in [1.54, 1.807) is 24.3 Å². The van der Waals surface area contributed by atoms with Crippen LogP contribution in [0.15, 0.2) is 77.5 Å². The van der Waals surface area contributed by atoms with Crippen LogP contribution in [0.3, 0.4) is 0 Å². The minimum atomic E-state index is -0.726. The lowest BCUT2D eigenvalue weighted by atomic mass is 10.1. The Labute approximate surface area is 212 Å². The summed E-state index contributed by atoms with van der Waals surface area (Å²) in [5.74, 6) is -2.29. The first-order valence-corrected chi connectivity index (χ1v) is 11.3. The van der Waals surface area contributed by atoms with Crippen molar-refractivity contribution in [1.29, 1.82) is 0 Å². The van der Waals surface area contributed by atoms with E-state index in [0.717, 1.165) is 16.0 Å². The van der Waals surface area contributed by atoms with Crippen molar-refractivity contribution in [3.05, 3.63) is 99.7 Å². The normalized spacial score (nSPS) is 13.2. The summed E-state index contributed by atoms with van der Waals surface area (Å²) in [7, 11) is 1.24. The van der Waals surface area contributed by atoms with Crippen molar-refractivity contribution < 1.29 is 23.9 Å². The molecule has 0 radical (unpaired) electrons. The van der Waals surface area contributed by atoms with Gasteiger partial charge in [-0.1, -0.05) is 23.7 Å². The number of esters is 1. The molecule has 0 saturated carbocycles. The molecular formula is C27H22ClN3O5. The van der Waals surface area contributed by atoms with Crippen molar-refractivity contribution >= 4 is 52.4 Å². The number of nitrogens with zero attached hydrogens (tertiary/aromatic N) is 1. The van der Waals surface area contributed by atoms with Crippen molar-refractivity contribution in [2.24, 2.45) is 0 Å². The molecule has 0 bridgehead atoms. The van der Waals surface area contributed by atoms with Gasteiger partial charge < -0.3 is 15.4 Å². The average molecular weight is 504 g/mol. The Morgan fingerprint density at radius 1 is 0.833 bits per heavy atom. The molecule has 3 amide bonds. The Morgan fingerprint density at radius 2 is 1.53 bits per heavy atom. The van der Waals surface area contributed by atoms with Crippen LogP contribution >= 0.6 is 11.6 Å². The second-order valence-electron chi connectivity index (χ2n) is 8.13. The van der Waals surface area contributed by atoms with Gasteiger partial charge >= 0.3 is 5.97 Å². The standard InChI is InChI=1S/C27H22ClN3O5/c1-15-7-10-20(13-16(15)2)30-24(32)17-8-11-19(12-9-17)29-23-22(28)25(33)31(26(23)34)21-6-4-5-18(14-21)27(35)36-3/h4-14,29H,1-3H3,(H,30,32).